The summed E-state index contributed by atoms with van der Waals surface area (Å²) in [6.07, 6.45) is 0. The van der Waals surface area contributed by atoms with Gasteiger partial charge in [0.15, 0.2) is 10.9 Å². The quantitative estimate of drug-likeness (QED) is 0.433. The summed E-state index contributed by atoms with van der Waals surface area (Å²) in [5.41, 5.74) is 8.85. The Hall–Kier alpha value is -1.86. The lowest BCUT2D eigenvalue weighted by atomic mass is 10.2. The lowest BCUT2D eigenvalue weighted by molar-refractivity contribution is 0.102. The predicted molar refractivity (Wildman–Crippen MR) is 96.5 cm³/mol. The first-order chi connectivity index (χ1) is 11.0. The highest BCUT2D eigenvalue weighted by Gasteiger charge is 2.16. The number of thiophene rings is 1. The Morgan fingerprint density at radius 1 is 1.39 bits per heavy atom. The Bertz CT molecular complexity index is 882. The van der Waals surface area contributed by atoms with Gasteiger partial charge in [-0.05, 0) is 38.3 Å². The highest BCUT2D eigenvalue weighted by Crippen LogP contribution is 2.27. The number of rotatable bonds is 5. The molecule has 120 valence electrons. The molecule has 23 heavy (non-hydrogen) atoms. The molecule has 0 aliphatic carbocycles. The van der Waals surface area contributed by atoms with Gasteiger partial charge in [0.05, 0.1) is 11.1 Å². The number of anilines is 1. The van der Waals surface area contributed by atoms with Gasteiger partial charge in [0.25, 0.3) is 0 Å². The minimum atomic E-state index is 0.0937. The second-order valence-electron chi connectivity index (χ2n) is 5.27. The van der Waals surface area contributed by atoms with E-state index < -0.39 is 0 Å². The molecule has 3 aromatic rings. The van der Waals surface area contributed by atoms with Gasteiger partial charge >= 0.3 is 0 Å². The van der Waals surface area contributed by atoms with Gasteiger partial charge in [-0.1, -0.05) is 11.8 Å². The van der Waals surface area contributed by atoms with Crippen molar-refractivity contribution < 1.29 is 4.79 Å². The number of fused-ring (bicyclic) bond motifs is 1. The van der Waals surface area contributed by atoms with Gasteiger partial charge in [-0.2, -0.15) is 0 Å². The fourth-order valence-corrected chi connectivity index (χ4v) is 4.26. The number of hydrogen-bond acceptors (Lipinski definition) is 6. The number of nitrogens with two attached hydrogens (primary N) is 1. The van der Waals surface area contributed by atoms with Crippen LogP contribution in [0.5, 0.6) is 0 Å². The van der Waals surface area contributed by atoms with E-state index in [-0.39, 0.29) is 5.78 Å². The zero-order valence-corrected chi connectivity index (χ0v) is 14.9. The van der Waals surface area contributed by atoms with Crippen LogP contribution in [0.2, 0.25) is 0 Å². The molecule has 0 aliphatic rings. The summed E-state index contributed by atoms with van der Waals surface area (Å²) in [6.45, 7) is 6.96. The van der Waals surface area contributed by atoms with Crippen LogP contribution < -0.4 is 5.73 Å². The number of aromatic nitrogens is 3. The van der Waals surface area contributed by atoms with Crippen molar-refractivity contribution in [1.29, 1.82) is 0 Å². The number of hydrogen-bond donors (Lipinski definition) is 1. The molecule has 2 N–H and O–H groups in total. The first-order valence-electron chi connectivity index (χ1n) is 7.34. The summed E-state index contributed by atoms with van der Waals surface area (Å²) in [5, 5.41) is 3.36. The second kappa shape index (κ2) is 6.33. The van der Waals surface area contributed by atoms with E-state index in [2.05, 4.69) is 21.5 Å². The molecule has 0 aliphatic heterocycles. The van der Waals surface area contributed by atoms with E-state index in [1.807, 2.05) is 31.4 Å². The molecular weight excluding hydrogens is 328 g/mol. The number of Topliss-reactive ketones (excluding diaryl/α,β-unsaturated/α-hetero) is 1. The van der Waals surface area contributed by atoms with E-state index in [9.17, 15) is 4.79 Å². The van der Waals surface area contributed by atoms with Crippen molar-refractivity contribution in [3.05, 3.63) is 34.5 Å². The minimum absolute atomic E-state index is 0.0937. The Balaban J connectivity index is 1.78. The third-order valence-corrected chi connectivity index (χ3v) is 5.51. The zero-order valence-electron chi connectivity index (χ0n) is 13.3. The van der Waals surface area contributed by atoms with Crippen molar-refractivity contribution in [2.75, 3.05) is 11.5 Å². The monoisotopic (exact) mass is 346 g/mol. The number of nitrogens with zero attached hydrogens (tertiary/aromatic N) is 3. The molecule has 0 amide bonds. The van der Waals surface area contributed by atoms with Crippen molar-refractivity contribution >= 4 is 44.9 Å². The highest BCUT2D eigenvalue weighted by molar-refractivity contribution is 7.99. The van der Waals surface area contributed by atoms with Gasteiger partial charge in [-0.25, -0.2) is 9.97 Å². The molecule has 3 rings (SSSR count). The first kappa shape index (κ1) is 16.0. The maximum absolute atomic E-state index is 12.5. The van der Waals surface area contributed by atoms with Crippen LogP contribution in [0.4, 0.5) is 5.82 Å². The normalized spacial score (nSPS) is 11.3. The summed E-state index contributed by atoms with van der Waals surface area (Å²) < 4.78 is 2.14. The van der Waals surface area contributed by atoms with E-state index in [4.69, 9.17) is 5.73 Å². The first-order valence-corrected chi connectivity index (χ1v) is 9.21. The maximum atomic E-state index is 12.5. The SMILES string of the molecule is CCn1c(C)cc(C(=O)CSc2nc(N)c3ccsc3n2)c1C. The number of thioether (sulfide) groups is 1. The zero-order chi connectivity index (χ0) is 16.6. The van der Waals surface area contributed by atoms with Gasteiger partial charge in [0, 0.05) is 23.5 Å². The Morgan fingerprint density at radius 3 is 2.87 bits per heavy atom. The van der Waals surface area contributed by atoms with Crippen molar-refractivity contribution in [3.63, 3.8) is 0 Å². The number of carbonyl (C=O) groups excluding carboxylic acids is 1. The van der Waals surface area contributed by atoms with Gasteiger partial charge in [-0.15, -0.1) is 11.3 Å². The number of nitrogen functional groups attached to an aromatic ring is 1. The molecule has 0 unspecified atom stereocenters. The van der Waals surface area contributed by atoms with E-state index in [1.54, 1.807) is 0 Å². The third-order valence-electron chi connectivity index (χ3n) is 3.86. The molecule has 5 nitrogen and oxygen atoms in total. The Morgan fingerprint density at radius 2 is 2.17 bits per heavy atom. The standard InChI is InChI=1S/C16H18N4OS2/c1-4-20-9(2)7-12(10(20)3)13(21)8-23-16-18-14(17)11-5-6-22-15(11)19-16/h5-7H,4,8H2,1-3H3,(H2,17,18,19). The van der Waals surface area contributed by atoms with Gasteiger partial charge in [0.2, 0.25) is 0 Å². The molecule has 0 saturated carbocycles. The van der Waals surface area contributed by atoms with Crippen molar-refractivity contribution in [3.8, 4) is 0 Å². The molecule has 3 heterocycles. The summed E-state index contributed by atoms with van der Waals surface area (Å²) in [4.78, 5) is 22.1. The number of ketones is 1. The van der Waals surface area contributed by atoms with Gasteiger partial charge < -0.3 is 10.3 Å². The fraction of sp³-hybridized carbons (Fsp3) is 0.312. The third kappa shape index (κ3) is 2.98. The molecular formula is C16H18N4OS2. The van der Waals surface area contributed by atoms with Crippen LogP contribution in [0.15, 0.2) is 22.7 Å². The minimum Gasteiger partial charge on any atom is -0.383 e. The summed E-state index contributed by atoms with van der Waals surface area (Å²) in [7, 11) is 0. The summed E-state index contributed by atoms with van der Waals surface area (Å²) >= 11 is 2.86. The van der Waals surface area contributed by atoms with Crippen LogP contribution >= 0.6 is 23.1 Å². The van der Waals surface area contributed by atoms with E-state index >= 15 is 0 Å². The van der Waals surface area contributed by atoms with Crippen LogP contribution in [0, 0.1) is 13.8 Å². The van der Waals surface area contributed by atoms with Crippen LogP contribution in [0.25, 0.3) is 10.2 Å². The molecule has 0 aromatic carbocycles. The smallest absolute Gasteiger partial charge is 0.191 e. The van der Waals surface area contributed by atoms with Crippen LogP contribution in [-0.2, 0) is 6.54 Å². The lowest BCUT2D eigenvalue weighted by Crippen LogP contribution is -2.06. The largest absolute Gasteiger partial charge is 0.383 e. The van der Waals surface area contributed by atoms with Crippen LogP contribution in [0.3, 0.4) is 0 Å². The molecule has 0 saturated heterocycles. The van der Waals surface area contributed by atoms with E-state index in [0.29, 0.717) is 16.7 Å². The molecule has 0 fully saturated rings. The van der Waals surface area contributed by atoms with Crippen molar-refractivity contribution in [2.24, 2.45) is 0 Å². The Labute approximate surface area is 142 Å². The highest BCUT2D eigenvalue weighted by atomic mass is 32.2. The second-order valence-corrected chi connectivity index (χ2v) is 7.11. The average molecular weight is 346 g/mol. The fourth-order valence-electron chi connectivity index (χ4n) is 2.70. The molecule has 0 atom stereocenters. The molecule has 3 aromatic heterocycles. The van der Waals surface area contributed by atoms with Crippen LogP contribution in [0.1, 0.15) is 28.7 Å². The summed E-state index contributed by atoms with van der Waals surface area (Å²) in [5.74, 6) is 0.872. The van der Waals surface area contributed by atoms with Gasteiger partial charge in [0.1, 0.15) is 10.6 Å². The number of carbonyl (C=O) groups is 1. The maximum Gasteiger partial charge on any atom is 0.191 e. The number of aryl methyl sites for hydroxylation is 1. The Kier molecular flexibility index (Phi) is 4.41. The topological polar surface area (TPSA) is 73.8 Å². The van der Waals surface area contributed by atoms with Crippen LogP contribution in [-0.4, -0.2) is 26.1 Å². The van der Waals surface area contributed by atoms with E-state index in [0.717, 1.165) is 33.7 Å². The molecule has 0 radical (unpaired) electrons. The van der Waals surface area contributed by atoms with E-state index in [1.165, 1.54) is 23.1 Å². The molecule has 0 spiro atoms. The molecule has 0 bridgehead atoms. The van der Waals surface area contributed by atoms with Crippen molar-refractivity contribution in [1.82, 2.24) is 14.5 Å². The molecule has 7 heteroatoms. The predicted octanol–water partition coefficient (Wildman–Crippen LogP) is 3.69. The van der Waals surface area contributed by atoms with Gasteiger partial charge in [-0.3, -0.25) is 4.79 Å². The average Bonchev–Trinajstić information content (AvgIpc) is 3.09. The van der Waals surface area contributed by atoms with Crippen molar-refractivity contribution in [2.45, 2.75) is 32.5 Å². The summed E-state index contributed by atoms with van der Waals surface area (Å²) in [6, 6.07) is 3.87. The lowest BCUT2D eigenvalue weighted by Gasteiger charge is -2.05.